The van der Waals surface area contributed by atoms with Gasteiger partial charge in [0.15, 0.2) is 0 Å². The molecule has 22 heavy (non-hydrogen) atoms. The van der Waals surface area contributed by atoms with Crippen molar-refractivity contribution in [3.05, 3.63) is 18.0 Å². The minimum atomic E-state index is -0.304. The lowest BCUT2D eigenvalue weighted by Gasteiger charge is -2.33. The van der Waals surface area contributed by atoms with Crippen molar-refractivity contribution in [2.45, 2.75) is 44.1 Å². The molecule has 0 spiro atoms. The van der Waals surface area contributed by atoms with Crippen molar-refractivity contribution in [1.29, 1.82) is 0 Å². The van der Waals surface area contributed by atoms with Crippen LogP contribution in [0.25, 0.3) is 0 Å². The molecule has 0 aromatic carbocycles. The van der Waals surface area contributed by atoms with E-state index in [-0.39, 0.29) is 17.5 Å². The van der Waals surface area contributed by atoms with Crippen LogP contribution in [-0.4, -0.2) is 52.2 Å². The smallest absolute Gasteiger partial charge is 0.317 e. The number of amides is 3. The maximum absolute atomic E-state index is 12.3. The standard InChI is InChI=1S/C15H23N5O2/c1-15(5-2-13(21)19-15)10-16-14(22)20-6-3-11(4-7-20)12-8-17-18-9-12/h8-9,11H,2-7,10H2,1H3,(H,16,22)(H,17,18)(H,19,21). The van der Waals surface area contributed by atoms with Gasteiger partial charge in [-0.2, -0.15) is 5.10 Å². The van der Waals surface area contributed by atoms with Gasteiger partial charge in [0.2, 0.25) is 5.91 Å². The molecule has 2 aliphatic rings. The van der Waals surface area contributed by atoms with Crippen LogP contribution in [0.1, 0.15) is 44.1 Å². The molecular weight excluding hydrogens is 282 g/mol. The van der Waals surface area contributed by atoms with Crippen LogP contribution in [0.2, 0.25) is 0 Å². The van der Waals surface area contributed by atoms with Gasteiger partial charge < -0.3 is 15.5 Å². The highest BCUT2D eigenvalue weighted by molar-refractivity contribution is 5.80. The van der Waals surface area contributed by atoms with E-state index in [9.17, 15) is 9.59 Å². The van der Waals surface area contributed by atoms with E-state index in [4.69, 9.17) is 0 Å². The highest BCUT2D eigenvalue weighted by Gasteiger charge is 2.34. The highest BCUT2D eigenvalue weighted by atomic mass is 16.2. The van der Waals surface area contributed by atoms with Crippen LogP contribution in [0, 0.1) is 0 Å². The van der Waals surface area contributed by atoms with Crippen LogP contribution in [0.5, 0.6) is 0 Å². The Bertz CT molecular complexity index is 536. The molecule has 0 bridgehead atoms. The fourth-order valence-electron chi connectivity index (χ4n) is 3.27. The van der Waals surface area contributed by atoms with E-state index >= 15 is 0 Å². The number of rotatable bonds is 3. The van der Waals surface area contributed by atoms with Crippen LogP contribution < -0.4 is 10.6 Å². The largest absolute Gasteiger partial charge is 0.349 e. The van der Waals surface area contributed by atoms with E-state index in [0.717, 1.165) is 32.4 Å². The second-order valence-corrected chi connectivity index (χ2v) is 6.56. The van der Waals surface area contributed by atoms with Crippen molar-refractivity contribution in [2.75, 3.05) is 19.6 Å². The summed E-state index contributed by atoms with van der Waals surface area (Å²) in [6, 6.07) is -0.0342. The number of aromatic amines is 1. The molecule has 0 radical (unpaired) electrons. The summed E-state index contributed by atoms with van der Waals surface area (Å²) >= 11 is 0. The van der Waals surface area contributed by atoms with Crippen LogP contribution >= 0.6 is 0 Å². The Labute approximate surface area is 129 Å². The van der Waals surface area contributed by atoms with Crippen molar-refractivity contribution in [3.8, 4) is 0 Å². The van der Waals surface area contributed by atoms with Crippen LogP contribution in [0.3, 0.4) is 0 Å². The number of likely N-dealkylation sites (tertiary alicyclic amines) is 1. The predicted octanol–water partition coefficient (Wildman–Crippen LogP) is 0.967. The molecule has 3 heterocycles. The van der Waals surface area contributed by atoms with E-state index in [1.54, 1.807) is 0 Å². The minimum absolute atomic E-state index is 0.0342. The van der Waals surface area contributed by atoms with Crippen molar-refractivity contribution in [1.82, 2.24) is 25.7 Å². The van der Waals surface area contributed by atoms with Gasteiger partial charge in [0.1, 0.15) is 0 Å². The summed E-state index contributed by atoms with van der Waals surface area (Å²) in [5.41, 5.74) is 0.920. The number of carbonyl (C=O) groups is 2. The lowest BCUT2D eigenvalue weighted by atomic mass is 9.92. The lowest BCUT2D eigenvalue weighted by molar-refractivity contribution is -0.119. The normalized spacial score (nSPS) is 26.0. The monoisotopic (exact) mass is 305 g/mol. The molecule has 1 unspecified atom stereocenters. The molecule has 2 aliphatic heterocycles. The lowest BCUT2D eigenvalue weighted by Crippen LogP contribution is -2.52. The molecule has 3 N–H and O–H groups in total. The Kier molecular flexibility index (Phi) is 4.04. The second-order valence-electron chi connectivity index (χ2n) is 6.56. The third-order valence-corrected chi connectivity index (χ3v) is 4.75. The van der Waals surface area contributed by atoms with E-state index < -0.39 is 0 Å². The average molecular weight is 305 g/mol. The minimum Gasteiger partial charge on any atom is -0.349 e. The van der Waals surface area contributed by atoms with Crippen LogP contribution in [0.4, 0.5) is 4.79 Å². The summed E-state index contributed by atoms with van der Waals surface area (Å²) in [6.07, 6.45) is 7.03. The van der Waals surface area contributed by atoms with Gasteiger partial charge in [-0.25, -0.2) is 4.79 Å². The summed E-state index contributed by atoms with van der Waals surface area (Å²) in [5, 5.41) is 12.7. The molecule has 120 valence electrons. The Morgan fingerprint density at radius 3 is 2.86 bits per heavy atom. The van der Waals surface area contributed by atoms with E-state index in [1.807, 2.05) is 24.2 Å². The first-order valence-corrected chi connectivity index (χ1v) is 7.88. The van der Waals surface area contributed by atoms with Crippen LogP contribution in [-0.2, 0) is 4.79 Å². The van der Waals surface area contributed by atoms with Gasteiger partial charge in [-0.3, -0.25) is 9.89 Å². The van der Waals surface area contributed by atoms with Gasteiger partial charge >= 0.3 is 6.03 Å². The number of nitrogens with zero attached hydrogens (tertiary/aromatic N) is 2. The third-order valence-electron chi connectivity index (χ3n) is 4.75. The number of urea groups is 1. The SMILES string of the molecule is CC1(CNC(=O)N2CCC(c3cn[nH]c3)CC2)CCC(=O)N1. The molecule has 0 aliphatic carbocycles. The molecule has 0 saturated carbocycles. The number of nitrogens with one attached hydrogen (secondary N) is 3. The summed E-state index contributed by atoms with van der Waals surface area (Å²) < 4.78 is 0. The number of hydrogen-bond acceptors (Lipinski definition) is 3. The Hall–Kier alpha value is -2.05. The second kappa shape index (κ2) is 5.98. The van der Waals surface area contributed by atoms with Crippen molar-refractivity contribution in [3.63, 3.8) is 0 Å². The van der Waals surface area contributed by atoms with Gasteiger partial charge in [0.25, 0.3) is 0 Å². The Morgan fingerprint density at radius 2 is 2.27 bits per heavy atom. The van der Waals surface area contributed by atoms with Gasteiger partial charge in [0, 0.05) is 32.3 Å². The topological polar surface area (TPSA) is 90.1 Å². The van der Waals surface area contributed by atoms with Gasteiger partial charge in [0.05, 0.1) is 11.7 Å². The average Bonchev–Trinajstić information content (AvgIpc) is 3.16. The number of H-pyrrole nitrogens is 1. The first-order chi connectivity index (χ1) is 10.6. The molecule has 1 aromatic heterocycles. The summed E-state index contributed by atoms with van der Waals surface area (Å²) in [5.74, 6) is 0.548. The Morgan fingerprint density at radius 1 is 1.50 bits per heavy atom. The van der Waals surface area contributed by atoms with E-state index in [0.29, 0.717) is 18.9 Å². The summed E-state index contributed by atoms with van der Waals surface area (Å²) in [6.45, 7) is 3.97. The third kappa shape index (κ3) is 3.23. The molecule has 1 atom stereocenters. The van der Waals surface area contributed by atoms with E-state index in [2.05, 4.69) is 20.8 Å². The summed E-state index contributed by atoms with van der Waals surface area (Å²) in [4.78, 5) is 25.4. The Balaban J connectivity index is 1.45. The quantitative estimate of drug-likeness (QED) is 0.777. The fraction of sp³-hybridized carbons (Fsp3) is 0.667. The molecule has 1 aromatic rings. The molecule has 7 heteroatoms. The molecule has 2 saturated heterocycles. The number of aromatic nitrogens is 2. The molecule has 3 amide bonds. The predicted molar refractivity (Wildman–Crippen MR) is 81.3 cm³/mol. The summed E-state index contributed by atoms with van der Waals surface area (Å²) in [7, 11) is 0. The zero-order valence-corrected chi connectivity index (χ0v) is 12.9. The molecule has 3 rings (SSSR count). The number of piperidine rings is 1. The molecule has 7 nitrogen and oxygen atoms in total. The maximum atomic E-state index is 12.3. The highest BCUT2D eigenvalue weighted by Crippen LogP contribution is 2.27. The molecular formula is C15H23N5O2. The molecule has 2 fully saturated rings. The van der Waals surface area contributed by atoms with Gasteiger partial charge in [-0.05, 0) is 37.7 Å². The van der Waals surface area contributed by atoms with Crippen molar-refractivity contribution >= 4 is 11.9 Å². The van der Waals surface area contributed by atoms with E-state index in [1.165, 1.54) is 5.56 Å². The zero-order valence-electron chi connectivity index (χ0n) is 12.9. The maximum Gasteiger partial charge on any atom is 0.317 e. The first-order valence-electron chi connectivity index (χ1n) is 7.88. The first kappa shape index (κ1) is 14.9. The zero-order chi connectivity index (χ0) is 15.6. The van der Waals surface area contributed by atoms with Gasteiger partial charge in [-0.1, -0.05) is 0 Å². The number of hydrogen-bond donors (Lipinski definition) is 3. The van der Waals surface area contributed by atoms with Crippen molar-refractivity contribution < 1.29 is 9.59 Å². The number of carbonyl (C=O) groups excluding carboxylic acids is 2. The van der Waals surface area contributed by atoms with Gasteiger partial charge in [-0.15, -0.1) is 0 Å². The fourth-order valence-corrected chi connectivity index (χ4v) is 3.27. The van der Waals surface area contributed by atoms with Crippen molar-refractivity contribution in [2.24, 2.45) is 0 Å². The van der Waals surface area contributed by atoms with Crippen LogP contribution in [0.15, 0.2) is 12.4 Å².